The molecule has 0 bridgehead atoms. The normalized spacial score (nSPS) is 22.2. The Balaban J connectivity index is 2.41. The van der Waals surface area contributed by atoms with Crippen molar-refractivity contribution in [1.82, 2.24) is 9.80 Å². The maximum absolute atomic E-state index is 12.5. The minimum absolute atomic E-state index is 0.0312. The van der Waals surface area contributed by atoms with Crippen LogP contribution < -0.4 is 5.73 Å². The Labute approximate surface area is 131 Å². The minimum Gasteiger partial charge on any atom is -0.343 e. The van der Waals surface area contributed by atoms with Crippen molar-refractivity contribution < 1.29 is 4.79 Å². The Kier molecular flexibility index (Phi) is 4.61. The van der Waals surface area contributed by atoms with E-state index in [1.807, 2.05) is 52.1 Å². The van der Waals surface area contributed by atoms with Gasteiger partial charge in [0.2, 0.25) is 5.91 Å². The molecule has 1 heterocycles. The summed E-state index contributed by atoms with van der Waals surface area (Å²) in [5.74, 6) is 0.126. The van der Waals surface area contributed by atoms with Crippen molar-refractivity contribution in [3.05, 3.63) is 34.9 Å². The van der Waals surface area contributed by atoms with Crippen LogP contribution in [0.4, 0.5) is 0 Å². The molecule has 5 heteroatoms. The molecule has 0 aromatic heterocycles. The van der Waals surface area contributed by atoms with Gasteiger partial charge in [-0.3, -0.25) is 9.69 Å². The van der Waals surface area contributed by atoms with Crippen LogP contribution in [-0.4, -0.2) is 47.4 Å². The van der Waals surface area contributed by atoms with Crippen LogP contribution in [0, 0.1) is 0 Å². The number of hydrogen-bond donors (Lipinski definition) is 1. The zero-order valence-electron chi connectivity index (χ0n) is 13.1. The first kappa shape index (κ1) is 16.3. The van der Waals surface area contributed by atoms with E-state index in [0.29, 0.717) is 11.6 Å². The standard InChI is InChI=1S/C16H24ClN3O/c1-11(18)14(12-6-5-7-13(17)10-12)20-9-8-19(4)15(21)16(20,2)3/h5-7,10-11,14H,8-9,18H2,1-4H3. The van der Waals surface area contributed by atoms with Crippen LogP contribution in [-0.2, 0) is 4.79 Å². The van der Waals surface area contributed by atoms with Gasteiger partial charge in [0.25, 0.3) is 0 Å². The molecule has 0 spiro atoms. The lowest BCUT2D eigenvalue weighted by Gasteiger charge is -2.49. The van der Waals surface area contributed by atoms with Gasteiger partial charge in [0.05, 0.1) is 11.6 Å². The van der Waals surface area contributed by atoms with Gasteiger partial charge in [0.1, 0.15) is 0 Å². The van der Waals surface area contributed by atoms with Crippen LogP contribution in [0.2, 0.25) is 5.02 Å². The Morgan fingerprint density at radius 2 is 2.00 bits per heavy atom. The first-order valence-corrected chi connectivity index (χ1v) is 7.66. The van der Waals surface area contributed by atoms with Crippen LogP contribution in [0.15, 0.2) is 24.3 Å². The summed E-state index contributed by atoms with van der Waals surface area (Å²) < 4.78 is 0. The van der Waals surface area contributed by atoms with Crippen LogP contribution in [0.1, 0.15) is 32.4 Å². The fraction of sp³-hybridized carbons (Fsp3) is 0.562. The molecule has 4 nitrogen and oxygen atoms in total. The molecule has 0 saturated carbocycles. The third-order valence-electron chi connectivity index (χ3n) is 4.29. The van der Waals surface area contributed by atoms with E-state index >= 15 is 0 Å². The maximum Gasteiger partial charge on any atom is 0.242 e. The number of nitrogens with two attached hydrogens (primary N) is 1. The molecule has 21 heavy (non-hydrogen) atoms. The van der Waals surface area contributed by atoms with Crippen molar-refractivity contribution in [1.29, 1.82) is 0 Å². The fourth-order valence-corrected chi connectivity index (χ4v) is 3.37. The largest absolute Gasteiger partial charge is 0.343 e. The summed E-state index contributed by atoms with van der Waals surface area (Å²) in [6, 6.07) is 7.62. The molecule has 1 aliphatic heterocycles. The number of hydrogen-bond acceptors (Lipinski definition) is 3. The van der Waals surface area contributed by atoms with Gasteiger partial charge in [0, 0.05) is 31.2 Å². The van der Waals surface area contributed by atoms with Gasteiger partial charge >= 0.3 is 0 Å². The fourth-order valence-electron chi connectivity index (χ4n) is 3.17. The summed E-state index contributed by atoms with van der Waals surface area (Å²) in [6.07, 6.45) is 0. The van der Waals surface area contributed by atoms with Gasteiger partial charge in [0.15, 0.2) is 0 Å². The maximum atomic E-state index is 12.5. The third kappa shape index (κ3) is 3.07. The van der Waals surface area contributed by atoms with Crippen molar-refractivity contribution in [2.24, 2.45) is 5.73 Å². The van der Waals surface area contributed by atoms with Gasteiger partial charge in [-0.2, -0.15) is 0 Å². The van der Waals surface area contributed by atoms with E-state index in [4.69, 9.17) is 17.3 Å². The van der Waals surface area contributed by atoms with Crippen LogP contribution in [0.5, 0.6) is 0 Å². The number of amides is 1. The van der Waals surface area contributed by atoms with Crippen molar-refractivity contribution in [3.63, 3.8) is 0 Å². The number of halogens is 1. The first-order chi connectivity index (χ1) is 9.75. The molecular formula is C16H24ClN3O. The topological polar surface area (TPSA) is 49.6 Å². The Hall–Kier alpha value is -1.10. The lowest BCUT2D eigenvalue weighted by Crippen LogP contribution is -2.64. The zero-order valence-corrected chi connectivity index (χ0v) is 13.9. The summed E-state index contributed by atoms with van der Waals surface area (Å²) in [6.45, 7) is 7.42. The predicted molar refractivity (Wildman–Crippen MR) is 86.3 cm³/mol. The summed E-state index contributed by atoms with van der Waals surface area (Å²) in [5.41, 5.74) is 6.72. The van der Waals surface area contributed by atoms with Gasteiger partial charge < -0.3 is 10.6 Å². The number of carbonyl (C=O) groups excluding carboxylic acids is 1. The average molecular weight is 310 g/mol. The number of piperazine rings is 1. The number of rotatable bonds is 3. The summed E-state index contributed by atoms with van der Waals surface area (Å²) in [7, 11) is 1.85. The van der Waals surface area contributed by atoms with E-state index in [1.165, 1.54) is 0 Å². The van der Waals surface area contributed by atoms with E-state index in [0.717, 1.165) is 12.1 Å². The quantitative estimate of drug-likeness (QED) is 0.932. The highest BCUT2D eigenvalue weighted by atomic mass is 35.5. The molecule has 2 unspecified atom stereocenters. The zero-order chi connectivity index (χ0) is 15.8. The predicted octanol–water partition coefficient (Wildman–Crippen LogP) is 2.28. The highest BCUT2D eigenvalue weighted by molar-refractivity contribution is 6.30. The number of nitrogens with zero attached hydrogens (tertiary/aromatic N) is 2. The molecular weight excluding hydrogens is 286 g/mol. The van der Waals surface area contributed by atoms with Crippen molar-refractivity contribution in [3.8, 4) is 0 Å². The monoisotopic (exact) mass is 309 g/mol. The van der Waals surface area contributed by atoms with Crippen molar-refractivity contribution in [2.75, 3.05) is 20.1 Å². The van der Waals surface area contributed by atoms with E-state index in [1.54, 1.807) is 4.90 Å². The molecule has 1 saturated heterocycles. The molecule has 0 aliphatic carbocycles. The van der Waals surface area contributed by atoms with E-state index in [9.17, 15) is 4.79 Å². The molecule has 0 radical (unpaired) electrons. The number of carbonyl (C=O) groups is 1. The molecule has 1 aromatic rings. The summed E-state index contributed by atoms with van der Waals surface area (Å²) >= 11 is 6.12. The molecule has 116 valence electrons. The van der Waals surface area contributed by atoms with Crippen LogP contribution in [0.25, 0.3) is 0 Å². The van der Waals surface area contributed by atoms with Gasteiger partial charge in [-0.05, 0) is 38.5 Å². The number of likely N-dealkylation sites (N-methyl/N-ethyl adjacent to an activating group) is 1. The molecule has 2 rings (SSSR count). The number of benzene rings is 1. The van der Waals surface area contributed by atoms with E-state index < -0.39 is 5.54 Å². The SMILES string of the molecule is CC(N)C(c1cccc(Cl)c1)N1CCN(C)C(=O)C1(C)C. The molecule has 1 aliphatic rings. The average Bonchev–Trinajstić information content (AvgIpc) is 2.39. The lowest BCUT2D eigenvalue weighted by molar-refractivity contribution is -0.150. The Morgan fingerprint density at radius 3 is 2.57 bits per heavy atom. The highest BCUT2D eigenvalue weighted by Crippen LogP contribution is 2.34. The summed E-state index contributed by atoms with van der Waals surface area (Å²) in [4.78, 5) is 16.5. The second-order valence-electron chi connectivity index (χ2n) is 6.34. The molecule has 1 fully saturated rings. The van der Waals surface area contributed by atoms with E-state index in [2.05, 4.69) is 4.90 Å². The van der Waals surface area contributed by atoms with E-state index in [-0.39, 0.29) is 18.0 Å². The highest BCUT2D eigenvalue weighted by Gasteiger charge is 2.44. The molecule has 1 amide bonds. The van der Waals surface area contributed by atoms with Crippen LogP contribution in [0.3, 0.4) is 0 Å². The van der Waals surface area contributed by atoms with Crippen molar-refractivity contribution in [2.45, 2.75) is 38.4 Å². The second kappa shape index (κ2) is 5.95. The van der Waals surface area contributed by atoms with Gasteiger partial charge in [-0.1, -0.05) is 23.7 Å². The minimum atomic E-state index is -0.576. The smallest absolute Gasteiger partial charge is 0.242 e. The van der Waals surface area contributed by atoms with Gasteiger partial charge in [-0.25, -0.2) is 0 Å². The lowest BCUT2D eigenvalue weighted by atomic mass is 9.90. The Bertz CT molecular complexity index is 530. The molecule has 1 aromatic carbocycles. The summed E-state index contributed by atoms with van der Waals surface area (Å²) in [5, 5.41) is 0.691. The van der Waals surface area contributed by atoms with Gasteiger partial charge in [-0.15, -0.1) is 0 Å². The molecule has 2 atom stereocenters. The van der Waals surface area contributed by atoms with Crippen LogP contribution >= 0.6 is 11.6 Å². The first-order valence-electron chi connectivity index (χ1n) is 7.28. The Morgan fingerprint density at radius 1 is 1.33 bits per heavy atom. The third-order valence-corrected chi connectivity index (χ3v) is 4.52. The second-order valence-corrected chi connectivity index (χ2v) is 6.77. The van der Waals surface area contributed by atoms with Crippen molar-refractivity contribution >= 4 is 17.5 Å². The molecule has 2 N–H and O–H groups in total.